The first kappa shape index (κ1) is 11.4. The fraction of sp³-hybridized carbons (Fsp3) is 1.00. The Balaban J connectivity index is 1.99. The van der Waals surface area contributed by atoms with E-state index in [1.165, 1.54) is 6.42 Å². The predicted molar refractivity (Wildman–Crippen MR) is 60.7 cm³/mol. The lowest BCUT2D eigenvalue weighted by Gasteiger charge is -2.45. The Bertz CT molecular complexity index is 211. The fourth-order valence-electron chi connectivity index (χ4n) is 3.16. The largest absolute Gasteiger partial charge is 0.390 e. The summed E-state index contributed by atoms with van der Waals surface area (Å²) in [5.41, 5.74) is -0.424. The molecule has 1 saturated carbocycles. The van der Waals surface area contributed by atoms with Gasteiger partial charge in [0.15, 0.2) is 0 Å². The van der Waals surface area contributed by atoms with Crippen LogP contribution in [-0.2, 0) is 4.74 Å². The lowest BCUT2D eigenvalue weighted by atomic mass is 9.67. The average molecular weight is 212 g/mol. The number of hydrogen-bond acceptors (Lipinski definition) is 2. The number of aliphatic hydroxyl groups is 1. The van der Waals surface area contributed by atoms with Crippen LogP contribution in [-0.4, -0.2) is 23.9 Å². The molecule has 1 saturated heterocycles. The van der Waals surface area contributed by atoms with Crippen molar-refractivity contribution >= 4 is 0 Å². The minimum absolute atomic E-state index is 0.390. The summed E-state index contributed by atoms with van der Waals surface area (Å²) in [7, 11) is 0. The number of rotatable bonds is 1. The van der Waals surface area contributed by atoms with Crippen LogP contribution in [0.15, 0.2) is 0 Å². The highest BCUT2D eigenvalue weighted by Gasteiger charge is 2.42. The van der Waals surface area contributed by atoms with E-state index < -0.39 is 5.60 Å². The smallest absolute Gasteiger partial charge is 0.0700 e. The maximum Gasteiger partial charge on any atom is 0.0700 e. The van der Waals surface area contributed by atoms with Crippen LogP contribution < -0.4 is 0 Å². The van der Waals surface area contributed by atoms with E-state index in [2.05, 4.69) is 13.8 Å². The van der Waals surface area contributed by atoms with Crippen LogP contribution in [0.2, 0.25) is 0 Å². The zero-order chi connectivity index (χ0) is 10.9. The van der Waals surface area contributed by atoms with Gasteiger partial charge >= 0.3 is 0 Å². The van der Waals surface area contributed by atoms with Crippen molar-refractivity contribution in [1.29, 1.82) is 0 Å². The summed E-state index contributed by atoms with van der Waals surface area (Å²) in [5, 5.41) is 10.7. The Morgan fingerprint density at radius 3 is 2.60 bits per heavy atom. The molecule has 2 heteroatoms. The Hall–Kier alpha value is -0.0800. The molecule has 1 aliphatic carbocycles. The molecule has 1 heterocycles. The first-order valence-electron chi connectivity index (χ1n) is 6.42. The summed E-state index contributed by atoms with van der Waals surface area (Å²) >= 11 is 0. The van der Waals surface area contributed by atoms with Crippen LogP contribution in [0.5, 0.6) is 0 Å². The summed E-state index contributed by atoms with van der Waals surface area (Å²) in [6, 6.07) is 0. The van der Waals surface area contributed by atoms with Crippen LogP contribution in [0.4, 0.5) is 0 Å². The fourth-order valence-corrected chi connectivity index (χ4v) is 3.16. The quantitative estimate of drug-likeness (QED) is 0.724. The standard InChI is InChI=1S/C13H24O2/c1-10-5-6-13(14,8-11(10)2)12-4-3-7-15-9-12/h10-12,14H,3-9H2,1-2H3. The van der Waals surface area contributed by atoms with E-state index in [-0.39, 0.29) is 0 Å². The van der Waals surface area contributed by atoms with E-state index in [0.29, 0.717) is 11.8 Å². The van der Waals surface area contributed by atoms with E-state index in [9.17, 15) is 5.11 Å². The van der Waals surface area contributed by atoms with Crippen molar-refractivity contribution in [1.82, 2.24) is 0 Å². The zero-order valence-electron chi connectivity index (χ0n) is 10.0. The van der Waals surface area contributed by atoms with Crippen LogP contribution in [0.3, 0.4) is 0 Å². The molecular weight excluding hydrogens is 188 g/mol. The second-order valence-corrected chi connectivity index (χ2v) is 5.72. The normalized spacial score (nSPS) is 47.8. The lowest BCUT2D eigenvalue weighted by molar-refractivity contribution is -0.115. The zero-order valence-corrected chi connectivity index (χ0v) is 10.0. The average Bonchev–Trinajstić information content (AvgIpc) is 2.26. The Kier molecular flexibility index (Phi) is 3.36. The van der Waals surface area contributed by atoms with Gasteiger partial charge in [0.05, 0.1) is 12.2 Å². The van der Waals surface area contributed by atoms with Gasteiger partial charge in [0.1, 0.15) is 0 Å². The molecule has 2 rings (SSSR count). The Morgan fingerprint density at radius 2 is 2.00 bits per heavy atom. The van der Waals surface area contributed by atoms with Crippen LogP contribution in [0, 0.1) is 17.8 Å². The molecule has 1 N–H and O–H groups in total. The van der Waals surface area contributed by atoms with Gasteiger partial charge < -0.3 is 9.84 Å². The topological polar surface area (TPSA) is 29.5 Å². The van der Waals surface area contributed by atoms with Crippen molar-refractivity contribution in [2.45, 2.75) is 51.6 Å². The highest BCUT2D eigenvalue weighted by Crippen LogP contribution is 2.42. The molecule has 88 valence electrons. The van der Waals surface area contributed by atoms with Gasteiger partial charge in [0.25, 0.3) is 0 Å². The van der Waals surface area contributed by atoms with Crippen molar-refractivity contribution in [3.8, 4) is 0 Å². The van der Waals surface area contributed by atoms with Gasteiger partial charge in [0, 0.05) is 12.5 Å². The third kappa shape index (κ3) is 2.36. The highest BCUT2D eigenvalue weighted by molar-refractivity contribution is 4.93. The molecule has 4 unspecified atom stereocenters. The molecule has 0 aromatic carbocycles. The molecule has 0 amide bonds. The van der Waals surface area contributed by atoms with Crippen molar-refractivity contribution < 1.29 is 9.84 Å². The van der Waals surface area contributed by atoms with Gasteiger partial charge in [-0.1, -0.05) is 13.8 Å². The second-order valence-electron chi connectivity index (χ2n) is 5.72. The van der Waals surface area contributed by atoms with Crippen LogP contribution in [0.1, 0.15) is 46.0 Å². The first-order chi connectivity index (χ1) is 7.12. The second kappa shape index (κ2) is 4.42. The van der Waals surface area contributed by atoms with E-state index in [4.69, 9.17) is 4.74 Å². The number of ether oxygens (including phenoxy) is 1. The molecule has 0 spiro atoms. The van der Waals surface area contributed by atoms with Crippen molar-refractivity contribution in [2.24, 2.45) is 17.8 Å². The summed E-state index contributed by atoms with van der Waals surface area (Å²) in [6.07, 6.45) is 5.40. The molecule has 0 aromatic heterocycles. The van der Waals surface area contributed by atoms with Crippen molar-refractivity contribution in [3.63, 3.8) is 0 Å². The van der Waals surface area contributed by atoms with Gasteiger partial charge in [-0.3, -0.25) is 0 Å². The molecule has 2 aliphatic rings. The lowest BCUT2D eigenvalue weighted by Crippen LogP contribution is -2.47. The summed E-state index contributed by atoms with van der Waals surface area (Å²) in [4.78, 5) is 0. The highest BCUT2D eigenvalue weighted by atomic mass is 16.5. The maximum absolute atomic E-state index is 10.7. The van der Waals surface area contributed by atoms with E-state index in [0.717, 1.165) is 44.8 Å². The van der Waals surface area contributed by atoms with Gasteiger partial charge in [-0.15, -0.1) is 0 Å². The van der Waals surface area contributed by atoms with Gasteiger partial charge in [-0.2, -0.15) is 0 Å². The molecule has 2 nitrogen and oxygen atoms in total. The summed E-state index contributed by atoms with van der Waals surface area (Å²) < 4.78 is 5.50. The minimum atomic E-state index is -0.424. The molecule has 15 heavy (non-hydrogen) atoms. The molecule has 1 aliphatic heterocycles. The van der Waals surface area contributed by atoms with Crippen molar-refractivity contribution in [3.05, 3.63) is 0 Å². The summed E-state index contributed by atoms with van der Waals surface area (Å²) in [5.74, 6) is 1.82. The molecule has 0 bridgehead atoms. The van der Waals surface area contributed by atoms with E-state index in [1.54, 1.807) is 0 Å². The first-order valence-corrected chi connectivity index (χ1v) is 6.42. The van der Waals surface area contributed by atoms with Gasteiger partial charge in [-0.05, 0) is 43.9 Å². The van der Waals surface area contributed by atoms with E-state index >= 15 is 0 Å². The monoisotopic (exact) mass is 212 g/mol. The van der Waals surface area contributed by atoms with Crippen molar-refractivity contribution in [2.75, 3.05) is 13.2 Å². The molecule has 0 aromatic rings. The minimum Gasteiger partial charge on any atom is -0.390 e. The van der Waals surface area contributed by atoms with E-state index in [1.807, 2.05) is 0 Å². The molecule has 2 fully saturated rings. The summed E-state index contributed by atoms with van der Waals surface area (Å²) in [6.45, 7) is 6.25. The maximum atomic E-state index is 10.7. The third-order valence-corrected chi connectivity index (χ3v) is 4.60. The molecular formula is C13H24O2. The Labute approximate surface area is 93.0 Å². The Morgan fingerprint density at radius 1 is 1.20 bits per heavy atom. The van der Waals surface area contributed by atoms with Gasteiger partial charge in [-0.25, -0.2) is 0 Å². The SMILES string of the molecule is CC1CCC(O)(C2CCCOC2)CC1C. The van der Waals surface area contributed by atoms with Crippen LogP contribution in [0.25, 0.3) is 0 Å². The number of hydrogen-bond donors (Lipinski definition) is 1. The predicted octanol–water partition coefficient (Wildman–Crippen LogP) is 2.60. The molecule has 0 radical (unpaired) electrons. The van der Waals surface area contributed by atoms with Gasteiger partial charge in [0.2, 0.25) is 0 Å². The molecule has 4 atom stereocenters. The third-order valence-electron chi connectivity index (χ3n) is 4.60. The van der Waals surface area contributed by atoms with Crippen LogP contribution >= 0.6 is 0 Å².